The fourth-order valence-corrected chi connectivity index (χ4v) is 3.74. The number of aromatic amines is 1. The molecule has 7 nitrogen and oxygen atoms in total. The van der Waals surface area contributed by atoms with Crippen LogP contribution in [0, 0.1) is 17.5 Å². The van der Waals surface area contributed by atoms with Crippen molar-refractivity contribution in [1.29, 1.82) is 0 Å². The van der Waals surface area contributed by atoms with Crippen LogP contribution < -0.4 is 10.6 Å². The van der Waals surface area contributed by atoms with Gasteiger partial charge in [0.15, 0.2) is 5.16 Å². The second kappa shape index (κ2) is 10.0. The molecule has 2 aromatic heterocycles. The minimum Gasteiger partial charge on any atom is -0.332 e. The summed E-state index contributed by atoms with van der Waals surface area (Å²) in [6.07, 6.45) is 3.36. The number of thioether (sulfide) groups is 1. The quantitative estimate of drug-likeness (QED) is 0.306. The summed E-state index contributed by atoms with van der Waals surface area (Å²) >= 11 is 1.36. The van der Waals surface area contributed by atoms with Crippen molar-refractivity contribution in [2.24, 2.45) is 0 Å². The van der Waals surface area contributed by atoms with Crippen LogP contribution in [-0.2, 0) is 4.79 Å². The molecule has 0 aliphatic heterocycles. The van der Waals surface area contributed by atoms with Gasteiger partial charge in [-0.05, 0) is 48.7 Å². The van der Waals surface area contributed by atoms with Gasteiger partial charge in [0, 0.05) is 35.9 Å². The minimum atomic E-state index is -0.925. The molecule has 0 saturated carbocycles. The highest BCUT2D eigenvalue weighted by atomic mass is 32.2. The van der Waals surface area contributed by atoms with Crippen LogP contribution in [0.5, 0.6) is 0 Å². The van der Waals surface area contributed by atoms with Crippen LogP contribution in [-0.4, -0.2) is 33.0 Å². The highest BCUT2D eigenvalue weighted by molar-refractivity contribution is 7.98. The van der Waals surface area contributed by atoms with Gasteiger partial charge >= 0.3 is 0 Å². The number of benzene rings is 2. The Morgan fingerprint density at radius 3 is 2.37 bits per heavy atom. The Kier molecular flexibility index (Phi) is 6.87. The minimum absolute atomic E-state index is 0.189. The molecular formula is C24H18F3N5O2S. The van der Waals surface area contributed by atoms with Crippen LogP contribution in [0.25, 0.3) is 22.5 Å². The van der Waals surface area contributed by atoms with E-state index in [0.29, 0.717) is 39.6 Å². The Labute approximate surface area is 202 Å². The molecule has 0 aliphatic rings. The molecule has 0 atom stereocenters. The van der Waals surface area contributed by atoms with E-state index < -0.39 is 23.4 Å². The molecule has 2 heterocycles. The van der Waals surface area contributed by atoms with Crippen molar-refractivity contribution < 1.29 is 22.8 Å². The number of hydrogen-bond donors (Lipinski definition) is 3. The van der Waals surface area contributed by atoms with Crippen molar-refractivity contribution in [2.45, 2.75) is 12.1 Å². The van der Waals surface area contributed by atoms with Crippen molar-refractivity contribution in [2.75, 3.05) is 16.9 Å². The number of carbonyl (C=O) groups is 2. The average molecular weight is 498 g/mol. The lowest BCUT2D eigenvalue weighted by Crippen LogP contribution is -2.13. The molecule has 4 rings (SSSR count). The first-order valence-corrected chi connectivity index (χ1v) is 11.4. The van der Waals surface area contributed by atoms with Crippen molar-refractivity contribution in [3.63, 3.8) is 0 Å². The number of H-pyrrole nitrogens is 1. The smallest absolute Gasteiger partial charge is 0.255 e. The third-order valence-corrected chi connectivity index (χ3v) is 5.42. The van der Waals surface area contributed by atoms with Crippen molar-refractivity contribution in [3.8, 4) is 22.5 Å². The van der Waals surface area contributed by atoms with Crippen LogP contribution in [0.1, 0.15) is 17.3 Å². The van der Waals surface area contributed by atoms with E-state index >= 15 is 0 Å². The maximum absolute atomic E-state index is 14.5. The molecule has 2 aromatic carbocycles. The number of imidazole rings is 1. The van der Waals surface area contributed by atoms with Crippen molar-refractivity contribution >= 4 is 35.1 Å². The van der Waals surface area contributed by atoms with Crippen LogP contribution in [0.2, 0.25) is 0 Å². The van der Waals surface area contributed by atoms with E-state index in [1.165, 1.54) is 37.0 Å². The van der Waals surface area contributed by atoms with Gasteiger partial charge in [0.05, 0.1) is 17.1 Å². The van der Waals surface area contributed by atoms with Crippen LogP contribution in [0.4, 0.5) is 24.7 Å². The van der Waals surface area contributed by atoms with Gasteiger partial charge in [0.1, 0.15) is 23.3 Å². The molecule has 0 aliphatic carbocycles. The fourth-order valence-electron chi connectivity index (χ4n) is 3.35. The Morgan fingerprint density at radius 1 is 0.943 bits per heavy atom. The molecular weight excluding hydrogens is 479 g/mol. The summed E-state index contributed by atoms with van der Waals surface area (Å²) in [5.74, 6) is -3.40. The SMILES string of the molecule is CSc1nc(-c2ccc(F)c(NC(=O)c3cc(F)cc(F)c3)c2)c(-c2ccnc(NC(C)=O)c2)[nH]1. The molecule has 178 valence electrons. The van der Waals surface area contributed by atoms with Gasteiger partial charge in [-0.15, -0.1) is 0 Å². The van der Waals surface area contributed by atoms with Gasteiger partial charge in [0.25, 0.3) is 5.91 Å². The van der Waals surface area contributed by atoms with Gasteiger partial charge in [-0.3, -0.25) is 9.59 Å². The summed E-state index contributed by atoms with van der Waals surface area (Å²) in [4.78, 5) is 35.8. The molecule has 0 unspecified atom stereocenters. The molecule has 11 heteroatoms. The Balaban J connectivity index is 1.72. The lowest BCUT2D eigenvalue weighted by atomic mass is 10.0. The summed E-state index contributed by atoms with van der Waals surface area (Å²) in [6, 6.07) is 9.75. The predicted molar refractivity (Wildman–Crippen MR) is 128 cm³/mol. The largest absolute Gasteiger partial charge is 0.332 e. The molecule has 35 heavy (non-hydrogen) atoms. The average Bonchev–Trinajstić information content (AvgIpc) is 3.24. The number of aromatic nitrogens is 3. The molecule has 0 saturated heterocycles. The van der Waals surface area contributed by atoms with E-state index in [-0.39, 0.29) is 17.2 Å². The maximum Gasteiger partial charge on any atom is 0.255 e. The Bertz CT molecular complexity index is 1420. The number of rotatable bonds is 6. The second-order valence-corrected chi connectivity index (χ2v) is 8.18. The number of nitrogens with one attached hydrogen (secondary N) is 3. The highest BCUT2D eigenvalue weighted by Gasteiger charge is 2.18. The zero-order valence-electron chi connectivity index (χ0n) is 18.4. The number of anilines is 2. The standard InChI is InChI=1S/C24H18F3N5O2S/c1-12(33)29-20-10-14(5-6-28-20)22-21(31-24(32-22)35-2)13-3-4-18(27)19(9-13)30-23(34)15-7-16(25)11-17(26)8-15/h3-11H,1-2H3,(H,30,34)(H,31,32)(H,28,29,33). The van der Waals surface area contributed by atoms with Crippen molar-refractivity contribution in [3.05, 3.63) is 77.7 Å². The Hall–Kier alpha value is -4.12. The third-order valence-electron chi connectivity index (χ3n) is 4.84. The summed E-state index contributed by atoms with van der Waals surface area (Å²) in [6.45, 7) is 1.37. The van der Waals surface area contributed by atoms with Gasteiger partial charge in [-0.25, -0.2) is 23.1 Å². The lowest BCUT2D eigenvalue weighted by molar-refractivity contribution is -0.114. The number of hydrogen-bond acceptors (Lipinski definition) is 5. The first kappa shape index (κ1) is 24.0. The molecule has 3 N–H and O–H groups in total. The second-order valence-electron chi connectivity index (χ2n) is 7.39. The fraction of sp³-hybridized carbons (Fsp3) is 0.0833. The van der Waals surface area contributed by atoms with E-state index in [1.807, 2.05) is 6.26 Å². The molecule has 0 radical (unpaired) electrons. The summed E-state index contributed by atoms with van der Waals surface area (Å²) in [7, 11) is 0. The number of nitrogens with zero attached hydrogens (tertiary/aromatic N) is 2. The summed E-state index contributed by atoms with van der Waals surface area (Å²) < 4.78 is 41.5. The van der Waals surface area contributed by atoms with E-state index in [1.54, 1.807) is 12.1 Å². The first-order valence-electron chi connectivity index (χ1n) is 10.2. The molecule has 0 spiro atoms. The zero-order chi connectivity index (χ0) is 25.1. The Morgan fingerprint density at radius 2 is 1.69 bits per heavy atom. The van der Waals surface area contributed by atoms with Gasteiger partial charge in [0.2, 0.25) is 5.91 Å². The van der Waals surface area contributed by atoms with Gasteiger partial charge in [-0.2, -0.15) is 0 Å². The van der Waals surface area contributed by atoms with E-state index in [0.717, 1.165) is 18.2 Å². The van der Waals surface area contributed by atoms with E-state index in [9.17, 15) is 22.8 Å². The van der Waals surface area contributed by atoms with Crippen LogP contribution >= 0.6 is 11.8 Å². The number of halogens is 3. The van der Waals surface area contributed by atoms with E-state index in [4.69, 9.17) is 0 Å². The molecule has 2 amide bonds. The summed E-state index contributed by atoms with van der Waals surface area (Å²) in [5, 5.41) is 5.55. The first-order chi connectivity index (χ1) is 16.7. The lowest BCUT2D eigenvalue weighted by Gasteiger charge is -2.10. The number of carbonyl (C=O) groups excluding carboxylic acids is 2. The highest BCUT2D eigenvalue weighted by Crippen LogP contribution is 2.34. The summed E-state index contributed by atoms with van der Waals surface area (Å²) in [5.41, 5.74) is 1.69. The monoisotopic (exact) mass is 497 g/mol. The third kappa shape index (κ3) is 5.52. The van der Waals surface area contributed by atoms with Gasteiger partial charge in [-0.1, -0.05) is 11.8 Å². The molecule has 0 bridgehead atoms. The van der Waals surface area contributed by atoms with Crippen LogP contribution in [0.3, 0.4) is 0 Å². The molecule has 0 fully saturated rings. The number of amides is 2. The maximum atomic E-state index is 14.5. The number of pyridine rings is 1. The topological polar surface area (TPSA) is 99.8 Å². The predicted octanol–water partition coefficient (Wildman–Crippen LogP) is 5.49. The van der Waals surface area contributed by atoms with Crippen molar-refractivity contribution in [1.82, 2.24) is 15.0 Å². The zero-order valence-corrected chi connectivity index (χ0v) is 19.3. The van der Waals surface area contributed by atoms with Gasteiger partial charge < -0.3 is 15.6 Å². The van der Waals surface area contributed by atoms with E-state index in [2.05, 4.69) is 25.6 Å². The van der Waals surface area contributed by atoms with Crippen LogP contribution in [0.15, 0.2) is 59.9 Å². The normalized spacial score (nSPS) is 10.8. The molecule has 4 aromatic rings.